The maximum atomic E-state index is 12.4. The van der Waals surface area contributed by atoms with Gasteiger partial charge < -0.3 is 20.3 Å². The molecule has 0 aromatic carbocycles. The molecule has 6 heteroatoms. The second-order valence-corrected chi connectivity index (χ2v) is 18.6. The number of nitrogens with one attached hydrogen (secondary N) is 1. The molecule has 2 atom stereocenters. The van der Waals surface area contributed by atoms with Crippen molar-refractivity contribution in [3.63, 3.8) is 0 Å². The average Bonchev–Trinajstić information content (AvgIpc) is 3.28. The minimum Gasteiger partial charge on any atom is -0.466 e. The number of unbranched alkanes of at least 4 members (excludes halogenated alkanes) is 31. The molecule has 0 bridgehead atoms. The highest BCUT2D eigenvalue weighted by Gasteiger charge is 2.19. The van der Waals surface area contributed by atoms with Crippen LogP contribution in [0.2, 0.25) is 0 Å². The van der Waals surface area contributed by atoms with Gasteiger partial charge in [-0.1, -0.05) is 236 Å². The highest BCUT2D eigenvalue weighted by Crippen LogP contribution is 2.16. The van der Waals surface area contributed by atoms with Crippen LogP contribution >= 0.6 is 0 Å². The lowest BCUT2D eigenvalue weighted by Gasteiger charge is -2.22. The van der Waals surface area contributed by atoms with Crippen molar-refractivity contribution in [2.24, 2.45) is 0 Å². The lowest BCUT2D eigenvalue weighted by Crippen LogP contribution is -2.45. The minimum atomic E-state index is -0.699. The van der Waals surface area contributed by atoms with Crippen LogP contribution in [0.1, 0.15) is 277 Å². The quantitative estimate of drug-likeness (QED) is 0.0321. The van der Waals surface area contributed by atoms with Crippen molar-refractivity contribution in [3.8, 4) is 0 Å². The number of aliphatic hydroxyl groups excluding tert-OH is 2. The van der Waals surface area contributed by atoms with Crippen LogP contribution in [0.5, 0.6) is 0 Å². The monoisotopic (exact) mass is 884 g/mol. The van der Waals surface area contributed by atoms with Crippen molar-refractivity contribution < 1.29 is 24.5 Å². The molecule has 0 aliphatic rings. The minimum absolute atomic E-state index is 0.0213. The molecule has 0 saturated heterocycles. The van der Waals surface area contributed by atoms with E-state index >= 15 is 0 Å². The summed E-state index contributed by atoms with van der Waals surface area (Å²) in [6, 6.07) is -0.586. The molecule has 0 saturated carbocycles. The molecule has 0 aromatic rings. The molecule has 2 unspecified atom stereocenters. The van der Waals surface area contributed by atoms with Crippen molar-refractivity contribution in [2.45, 2.75) is 289 Å². The van der Waals surface area contributed by atoms with Gasteiger partial charge in [0.25, 0.3) is 0 Å². The summed E-state index contributed by atoms with van der Waals surface area (Å²) in [5.74, 6) is -0.138. The molecule has 1 amide bonds. The second-order valence-electron chi connectivity index (χ2n) is 18.6. The van der Waals surface area contributed by atoms with Crippen LogP contribution in [0, 0.1) is 0 Å². The molecule has 0 aliphatic heterocycles. The fourth-order valence-electron chi connectivity index (χ4n) is 8.13. The number of esters is 1. The first kappa shape index (κ1) is 60.8. The van der Waals surface area contributed by atoms with Crippen LogP contribution in [0.3, 0.4) is 0 Å². The number of carbonyl (C=O) groups is 2. The van der Waals surface area contributed by atoms with E-state index in [4.69, 9.17) is 4.74 Å². The first-order chi connectivity index (χ1) is 31.0. The van der Waals surface area contributed by atoms with Gasteiger partial charge in [-0.25, -0.2) is 0 Å². The molecule has 0 rings (SSSR count). The van der Waals surface area contributed by atoms with Gasteiger partial charge in [-0.2, -0.15) is 0 Å². The van der Waals surface area contributed by atoms with E-state index in [9.17, 15) is 19.8 Å². The smallest absolute Gasteiger partial charge is 0.305 e. The Morgan fingerprint density at radius 3 is 1.27 bits per heavy atom. The van der Waals surface area contributed by atoms with Crippen LogP contribution in [-0.4, -0.2) is 47.4 Å². The first-order valence-electron chi connectivity index (χ1n) is 27.4. The van der Waals surface area contributed by atoms with Crippen LogP contribution in [0.25, 0.3) is 0 Å². The van der Waals surface area contributed by atoms with Gasteiger partial charge in [-0.15, -0.1) is 0 Å². The van der Waals surface area contributed by atoms with Crippen LogP contribution in [0.15, 0.2) is 48.6 Å². The Morgan fingerprint density at radius 2 is 0.810 bits per heavy atom. The summed E-state index contributed by atoms with van der Waals surface area (Å²) < 4.78 is 5.47. The van der Waals surface area contributed by atoms with Gasteiger partial charge in [0.15, 0.2) is 0 Å². The molecule has 63 heavy (non-hydrogen) atoms. The summed E-state index contributed by atoms with van der Waals surface area (Å²) in [7, 11) is 0. The summed E-state index contributed by atoms with van der Waals surface area (Å²) in [5, 5.41) is 23.1. The summed E-state index contributed by atoms with van der Waals surface area (Å²) in [5.41, 5.74) is 0. The van der Waals surface area contributed by atoms with E-state index in [2.05, 4.69) is 61.7 Å². The molecule has 0 heterocycles. The van der Waals surface area contributed by atoms with E-state index in [-0.39, 0.29) is 18.5 Å². The van der Waals surface area contributed by atoms with E-state index in [0.717, 1.165) is 57.8 Å². The Hall–Kier alpha value is -2.18. The molecule has 3 N–H and O–H groups in total. The second kappa shape index (κ2) is 52.4. The number of amides is 1. The van der Waals surface area contributed by atoms with E-state index in [1.54, 1.807) is 0 Å². The van der Waals surface area contributed by atoms with E-state index < -0.39 is 12.1 Å². The zero-order valence-corrected chi connectivity index (χ0v) is 41.8. The third-order valence-electron chi connectivity index (χ3n) is 12.4. The van der Waals surface area contributed by atoms with Crippen LogP contribution in [0.4, 0.5) is 0 Å². The van der Waals surface area contributed by atoms with Gasteiger partial charge in [0.1, 0.15) is 0 Å². The zero-order chi connectivity index (χ0) is 45.8. The zero-order valence-electron chi connectivity index (χ0n) is 41.8. The Morgan fingerprint density at radius 1 is 0.444 bits per heavy atom. The predicted molar refractivity (Wildman–Crippen MR) is 273 cm³/mol. The average molecular weight is 884 g/mol. The Labute approximate surface area is 391 Å². The van der Waals surface area contributed by atoms with Gasteiger partial charge in [0.05, 0.1) is 25.4 Å². The van der Waals surface area contributed by atoms with Crippen molar-refractivity contribution >= 4 is 11.9 Å². The summed E-state index contributed by atoms with van der Waals surface area (Å²) in [6.45, 7) is 4.86. The third kappa shape index (κ3) is 49.1. The topological polar surface area (TPSA) is 95.9 Å². The lowest BCUT2D eigenvalue weighted by atomic mass is 10.0. The van der Waals surface area contributed by atoms with Crippen LogP contribution < -0.4 is 5.32 Å². The molecular weight excluding hydrogens is 779 g/mol. The van der Waals surface area contributed by atoms with Crippen molar-refractivity contribution in [1.82, 2.24) is 5.32 Å². The third-order valence-corrected chi connectivity index (χ3v) is 12.4. The molecular formula is C57H105NO5. The van der Waals surface area contributed by atoms with E-state index in [0.29, 0.717) is 32.3 Å². The van der Waals surface area contributed by atoms with Crippen molar-refractivity contribution in [1.29, 1.82) is 0 Å². The Kier molecular flexibility index (Phi) is 50.6. The number of rotatable bonds is 50. The van der Waals surface area contributed by atoms with Gasteiger partial charge >= 0.3 is 5.97 Å². The summed E-state index contributed by atoms with van der Waals surface area (Å²) in [6.07, 6.45) is 65.3. The maximum Gasteiger partial charge on any atom is 0.305 e. The van der Waals surface area contributed by atoms with Crippen molar-refractivity contribution in [2.75, 3.05) is 13.2 Å². The van der Waals surface area contributed by atoms with Crippen LogP contribution in [-0.2, 0) is 14.3 Å². The number of allylic oxidation sites excluding steroid dienone is 8. The molecule has 6 nitrogen and oxygen atoms in total. The maximum absolute atomic E-state index is 12.4. The predicted octanol–water partition coefficient (Wildman–Crippen LogP) is 16.6. The number of hydrogen-bond acceptors (Lipinski definition) is 5. The number of aliphatic hydroxyl groups is 2. The highest BCUT2D eigenvalue weighted by atomic mass is 16.5. The number of ether oxygens (including phenoxy) is 1. The van der Waals surface area contributed by atoms with Gasteiger partial charge in [0, 0.05) is 12.8 Å². The molecule has 0 spiro atoms. The van der Waals surface area contributed by atoms with E-state index in [1.807, 2.05) is 6.08 Å². The molecule has 0 fully saturated rings. The first-order valence-corrected chi connectivity index (χ1v) is 27.4. The molecule has 368 valence electrons. The normalized spacial score (nSPS) is 13.0. The fourth-order valence-corrected chi connectivity index (χ4v) is 8.13. The number of hydrogen-bond donors (Lipinski definition) is 3. The van der Waals surface area contributed by atoms with Gasteiger partial charge in [-0.05, 0) is 77.0 Å². The summed E-state index contributed by atoms with van der Waals surface area (Å²) >= 11 is 0. The fraction of sp³-hybridized carbons (Fsp3) is 0.825. The lowest BCUT2D eigenvalue weighted by molar-refractivity contribution is -0.143. The highest BCUT2D eigenvalue weighted by molar-refractivity contribution is 5.76. The SMILES string of the molecule is CCCCC/C=C\C/C=C\CCCCCCCCCCCC(=O)OCCCCCCCC/C=C\C/C=C\CCC(=O)NC(CO)C(O)CCCCCCCCCCCCCCCC. The molecule has 0 radical (unpaired) electrons. The standard InChI is InChI=1S/C57H105NO5/c1-3-5-7-9-11-13-15-17-19-20-21-22-23-27-31-35-39-43-47-51-57(62)63-52-48-44-40-36-32-28-24-26-30-34-38-42-46-50-56(61)58-54(53-59)55(60)49-45-41-37-33-29-25-18-16-14-12-10-8-6-4-2/h11,13,17,19,26,30,38,42,54-55,59-60H,3-10,12,14-16,18,20-25,27-29,31-37,39-41,43-53H2,1-2H3,(H,58,61)/b13-11-,19-17-,30-26-,42-38-. The van der Waals surface area contributed by atoms with Gasteiger partial charge in [0.2, 0.25) is 5.91 Å². The largest absolute Gasteiger partial charge is 0.466 e. The van der Waals surface area contributed by atoms with Crippen molar-refractivity contribution in [3.05, 3.63) is 48.6 Å². The van der Waals surface area contributed by atoms with Gasteiger partial charge in [-0.3, -0.25) is 9.59 Å². The van der Waals surface area contributed by atoms with E-state index in [1.165, 1.54) is 180 Å². The Balaban J connectivity index is 3.53. The Bertz CT molecular complexity index is 1070. The summed E-state index contributed by atoms with van der Waals surface area (Å²) in [4.78, 5) is 24.5. The molecule has 0 aliphatic carbocycles. The number of carbonyl (C=O) groups excluding carboxylic acids is 2. The molecule has 0 aromatic heterocycles.